The van der Waals surface area contributed by atoms with Crippen LogP contribution < -0.4 is 10.6 Å². The molecule has 0 saturated heterocycles. The molecule has 0 unspecified atom stereocenters. The summed E-state index contributed by atoms with van der Waals surface area (Å²) in [6.07, 6.45) is 1.80. The Kier molecular flexibility index (Phi) is 4.70. The van der Waals surface area contributed by atoms with Crippen molar-refractivity contribution in [2.45, 2.75) is 0 Å². The average molecular weight is 224 g/mol. The number of anilines is 1. The molecule has 1 aromatic rings. The number of thioether (sulfide) groups is 1. The van der Waals surface area contributed by atoms with Crippen molar-refractivity contribution in [3.05, 3.63) is 30.3 Å². The minimum absolute atomic E-state index is 0.280. The zero-order valence-corrected chi connectivity index (χ0v) is 9.14. The highest BCUT2D eigenvalue weighted by Crippen LogP contribution is 2.04. The average Bonchev–Trinajstić information content (AvgIpc) is 2.19. The Morgan fingerprint density at radius 1 is 1.27 bits per heavy atom. The molecule has 5 heteroatoms. The number of nitrogens with one attached hydrogen (secondary N) is 2. The van der Waals surface area contributed by atoms with E-state index in [1.54, 1.807) is 30.5 Å². The molecule has 0 aliphatic heterocycles. The van der Waals surface area contributed by atoms with Crippen molar-refractivity contribution in [2.75, 3.05) is 17.3 Å². The van der Waals surface area contributed by atoms with Crippen LogP contribution in [0.3, 0.4) is 0 Å². The van der Waals surface area contributed by atoms with E-state index in [0.29, 0.717) is 5.69 Å². The van der Waals surface area contributed by atoms with Gasteiger partial charge in [0.2, 0.25) is 5.91 Å². The van der Waals surface area contributed by atoms with E-state index in [2.05, 4.69) is 10.6 Å². The summed E-state index contributed by atoms with van der Waals surface area (Å²) in [5.74, 6) is -0.0155. The van der Waals surface area contributed by atoms with E-state index in [0.717, 1.165) is 0 Å². The van der Waals surface area contributed by atoms with Crippen molar-refractivity contribution in [3.8, 4) is 0 Å². The summed E-state index contributed by atoms with van der Waals surface area (Å²) in [5.41, 5.74) is 0.659. The number of urea groups is 1. The maximum atomic E-state index is 11.2. The molecule has 0 spiro atoms. The molecule has 1 rings (SSSR count). The third kappa shape index (κ3) is 4.51. The lowest BCUT2D eigenvalue weighted by Gasteiger charge is -2.05. The highest BCUT2D eigenvalue weighted by molar-refractivity contribution is 7.99. The summed E-state index contributed by atoms with van der Waals surface area (Å²) in [6.45, 7) is 0. The molecule has 0 saturated carbocycles. The Hall–Kier alpha value is -1.49. The predicted octanol–water partition coefficient (Wildman–Crippen LogP) is 1.70. The second-order valence-electron chi connectivity index (χ2n) is 2.80. The van der Waals surface area contributed by atoms with Crippen molar-refractivity contribution in [1.29, 1.82) is 0 Å². The van der Waals surface area contributed by atoms with Crippen LogP contribution in [0.25, 0.3) is 0 Å². The third-order valence-corrected chi connectivity index (χ3v) is 2.11. The standard InChI is InChI=1S/C10H12N2O2S/c1-15-7-9(13)12-10(14)11-8-5-3-2-4-6-8/h2-6H,7H2,1H3,(H2,11,12,13,14). The van der Waals surface area contributed by atoms with Gasteiger partial charge < -0.3 is 5.32 Å². The first-order chi connectivity index (χ1) is 7.22. The number of amides is 3. The normalized spacial score (nSPS) is 9.40. The monoisotopic (exact) mass is 224 g/mol. The van der Waals surface area contributed by atoms with Crippen molar-refractivity contribution >= 4 is 29.4 Å². The van der Waals surface area contributed by atoms with Crippen LogP contribution in [0.15, 0.2) is 30.3 Å². The van der Waals surface area contributed by atoms with E-state index in [1.165, 1.54) is 11.8 Å². The van der Waals surface area contributed by atoms with Gasteiger partial charge in [-0.15, -0.1) is 0 Å². The Morgan fingerprint density at radius 2 is 1.93 bits per heavy atom. The van der Waals surface area contributed by atoms with Crippen LogP contribution in [-0.4, -0.2) is 23.9 Å². The number of imide groups is 1. The first-order valence-electron chi connectivity index (χ1n) is 4.37. The van der Waals surface area contributed by atoms with Gasteiger partial charge in [-0.2, -0.15) is 11.8 Å². The van der Waals surface area contributed by atoms with Crippen LogP contribution in [0.5, 0.6) is 0 Å². The number of para-hydroxylation sites is 1. The summed E-state index contributed by atoms with van der Waals surface area (Å²) < 4.78 is 0. The number of hydrogen-bond donors (Lipinski definition) is 2. The van der Waals surface area contributed by atoms with Crippen LogP contribution in [0.2, 0.25) is 0 Å². The largest absolute Gasteiger partial charge is 0.325 e. The van der Waals surface area contributed by atoms with E-state index in [9.17, 15) is 9.59 Å². The van der Waals surface area contributed by atoms with Crippen molar-refractivity contribution in [1.82, 2.24) is 5.32 Å². The minimum Gasteiger partial charge on any atom is -0.308 e. The van der Waals surface area contributed by atoms with Crippen LogP contribution in [0.4, 0.5) is 10.5 Å². The molecule has 80 valence electrons. The van der Waals surface area contributed by atoms with Gasteiger partial charge in [0.15, 0.2) is 0 Å². The molecular formula is C10H12N2O2S. The molecule has 2 N–H and O–H groups in total. The van der Waals surface area contributed by atoms with E-state index in [4.69, 9.17) is 0 Å². The Balaban J connectivity index is 2.40. The highest BCUT2D eigenvalue weighted by Gasteiger charge is 2.06. The summed E-state index contributed by atoms with van der Waals surface area (Å²) >= 11 is 1.37. The second kappa shape index (κ2) is 6.08. The summed E-state index contributed by atoms with van der Waals surface area (Å²) in [5, 5.41) is 4.77. The second-order valence-corrected chi connectivity index (χ2v) is 3.67. The lowest BCUT2D eigenvalue weighted by molar-refractivity contribution is -0.117. The molecule has 0 heterocycles. The molecule has 0 aliphatic carbocycles. The maximum absolute atomic E-state index is 11.2. The molecule has 1 aromatic carbocycles. The van der Waals surface area contributed by atoms with Gasteiger partial charge in [0.05, 0.1) is 5.75 Å². The first-order valence-corrected chi connectivity index (χ1v) is 5.76. The first kappa shape index (κ1) is 11.6. The molecule has 0 fully saturated rings. The van der Waals surface area contributed by atoms with Crippen LogP contribution >= 0.6 is 11.8 Å². The quantitative estimate of drug-likeness (QED) is 0.821. The van der Waals surface area contributed by atoms with E-state index in [1.807, 2.05) is 6.07 Å². The van der Waals surface area contributed by atoms with Gasteiger partial charge in [-0.05, 0) is 18.4 Å². The number of carbonyl (C=O) groups is 2. The Morgan fingerprint density at radius 3 is 2.53 bits per heavy atom. The number of hydrogen-bond acceptors (Lipinski definition) is 3. The Bertz CT molecular complexity index is 341. The van der Waals surface area contributed by atoms with Crippen LogP contribution in [0.1, 0.15) is 0 Å². The van der Waals surface area contributed by atoms with Gasteiger partial charge in [-0.1, -0.05) is 18.2 Å². The summed E-state index contributed by atoms with van der Waals surface area (Å²) in [6, 6.07) is 8.46. The molecule has 0 aliphatic rings. The van der Waals surface area contributed by atoms with Crippen molar-refractivity contribution in [3.63, 3.8) is 0 Å². The lowest BCUT2D eigenvalue weighted by atomic mass is 10.3. The number of benzene rings is 1. The fourth-order valence-electron chi connectivity index (χ4n) is 0.978. The van der Waals surface area contributed by atoms with Gasteiger partial charge in [0.25, 0.3) is 0 Å². The predicted molar refractivity (Wildman–Crippen MR) is 62.0 cm³/mol. The molecule has 15 heavy (non-hydrogen) atoms. The van der Waals surface area contributed by atoms with E-state index < -0.39 is 6.03 Å². The zero-order chi connectivity index (χ0) is 11.1. The molecule has 4 nitrogen and oxygen atoms in total. The highest BCUT2D eigenvalue weighted by atomic mass is 32.2. The fourth-order valence-corrected chi connectivity index (χ4v) is 1.31. The molecule has 0 radical (unpaired) electrons. The topological polar surface area (TPSA) is 58.2 Å². The fraction of sp³-hybridized carbons (Fsp3) is 0.200. The van der Waals surface area contributed by atoms with Gasteiger partial charge in [-0.25, -0.2) is 4.79 Å². The SMILES string of the molecule is CSCC(=O)NC(=O)Nc1ccccc1. The van der Waals surface area contributed by atoms with Gasteiger partial charge in [-0.3, -0.25) is 10.1 Å². The molecule has 3 amide bonds. The third-order valence-electron chi connectivity index (χ3n) is 1.56. The molecule has 0 atom stereocenters. The smallest absolute Gasteiger partial charge is 0.308 e. The summed E-state index contributed by atoms with van der Waals surface area (Å²) in [4.78, 5) is 22.3. The van der Waals surface area contributed by atoms with E-state index in [-0.39, 0.29) is 11.7 Å². The van der Waals surface area contributed by atoms with Gasteiger partial charge >= 0.3 is 6.03 Å². The van der Waals surface area contributed by atoms with Gasteiger partial charge in [0, 0.05) is 5.69 Å². The van der Waals surface area contributed by atoms with E-state index >= 15 is 0 Å². The lowest BCUT2D eigenvalue weighted by Crippen LogP contribution is -2.35. The molecule has 0 bridgehead atoms. The van der Waals surface area contributed by atoms with Crippen LogP contribution in [-0.2, 0) is 4.79 Å². The van der Waals surface area contributed by atoms with Crippen LogP contribution in [0, 0.1) is 0 Å². The maximum Gasteiger partial charge on any atom is 0.325 e. The summed E-state index contributed by atoms with van der Waals surface area (Å²) in [7, 11) is 0. The van der Waals surface area contributed by atoms with Crippen molar-refractivity contribution in [2.24, 2.45) is 0 Å². The number of carbonyl (C=O) groups excluding carboxylic acids is 2. The molecule has 0 aromatic heterocycles. The van der Waals surface area contributed by atoms with Gasteiger partial charge in [0.1, 0.15) is 0 Å². The number of rotatable bonds is 3. The minimum atomic E-state index is -0.500. The molecular weight excluding hydrogens is 212 g/mol. The Labute approximate surface area is 92.4 Å². The zero-order valence-electron chi connectivity index (χ0n) is 8.32. The van der Waals surface area contributed by atoms with Crippen molar-refractivity contribution < 1.29 is 9.59 Å².